The first-order valence-corrected chi connectivity index (χ1v) is 10.6. The summed E-state index contributed by atoms with van der Waals surface area (Å²) < 4.78 is 16.0. The van der Waals surface area contributed by atoms with Crippen molar-refractivity contribution < 1.29 is 23.6 Å². The van der Waals surface area contributed by atoms with Crippen molar-refractivity contribution in [1.29, 1.82) is 0 Å². The average Bonchev–Trinajstić information content (AvgIpc) is 3.45. The Balaban J connectivity index is 1.23. The number of benzene rings is 2. The number of nitrogens with zero attached hydrogens (tertiary/aromatic N) is 2. The van der Waals surface area contributed by atoms with E-state index in [1.165, 1.54) is 0 Å². The number of aromatic nitrogens is 1. The van der Waals surface area contributed by atoms with E-state index in [9.17, 15) is 9.59 Å². The van der Waals surface area contributed by atoms with Crippen molar-refractivity contribution in [2.45, 2.75) is 19.8 Å². The number of rotatable bonds is 4. The van der Waals surface area contributed by atoms with Gasteiger partial charge in [-0.25, -0.2) is 0 Å². The van der Waals surface area contributed by atoms with Gasteiger partial charge in [0.2, 0.25) is 12.7 Å². The Morgan fingerprint density at radius 3 is 2.56 bits per heavy atom. The molecule has 2 aromatic carbocycles. The van der Waals surface area contributed by atoms with E-state index in [0.717, 1.165) is 5.56 Å². The molecule has 0 saturated carbocycles. The van der Waals surface area contributed by atoms with Gasteiger partial charge in [0.05, 0.1) is 0 Å². The summed E-state index contributed by atoms with van der Waals surface area (Å²) in [5.41, 5.74) is 2.55. The zero-order valence-electron chi connectivity index (χ0n) is 17.7. The van der Waals surface area contributed by atoms with Gasteiger partial charge in [0.15, 0.2) is 11.5 Å². The molecule has 3 heterocycles. The van der Waals surface area contributed by atoms with Crippen LogP contribution in [0.1, 0.15) is 29.0 Å². The predicted octanol–water partition coefficient (Wildman–Crippen LogP) is 3.87. The van der Waals surface area contributed by atoms with Crippen molar-refractivity contribution in [2.24, 2.45) is 5.92 Å². The van der Waals surface area contributed by atoms with Gasteiger partial charge >= 0.3 is 0 Å². The van der Waals surface area contributed by atoms with E-state index in [-0.39, 0.29) is 24.5 Å². The second kappa shape index (κ2) is 8.37. The molecule has 1 fully saturated rings. The van der Waals surface area contributed by atoms with Gasteiger partial charge in [-0.1, -0.05) is 35.5 Å². The third-order valence-electron chi connectivity index (χ3n) is 5.92. The molecule has 0 atom stereocenters. The van der Waals surface area contributed by atoms with Crippen LogP contribution in [0.15, 0.2) is 53.1 Å². The molecule has 0 spiro atoms. The van der Waals surface area contributed by atoms with E-state index in [1.54, 1.807) is 30.0 Å². The molecule has 3 aromatic rings. The number of carbonyl (C=O) groups excluding carboxylic acids is 2. The second-order valence-corrected chi connectivity index (χ2v) is 7.95. The van der Waals surface area contributed by atoms with Crippen LogP contribution in [0.3, 0.4) is 0 Å². The van der Waals surface area contributed by atoms with Crippen LogP contribution in [0.25, 0.3) is 11.3 Å². The van der Waals surface area contributed by atoms with Gasteiger partial charge in [-0.05, 0) is 31.9 Å². The van der Waals surface area contributed by atoms with Crippen molar-refractivity contribution in [1.82, 2.24) is 10.1 Å². The van der Waals surface area contributed by atoms with Crippen LogP contribution >= 0.6 is 0 Å². The fraction of sp³-hybridized carbons (Fsp3) is 0.292. The van der Waals surface area contributed by atoms with Gasteiger partial charge in [-0.15, -0.1) is 0 Å². The first-order valence-electron chi connectivity index (χ1n) is 10.6. The topological polar surface area (TPSA) is 93.9 Å². The van der Waals surface area contributed by atoms with Gasteiger partial charge in [0.1, 0.15) is 17.0 Å². The van der Waals surface area contributed by atoms with Gasteiger partial charge in [-0.2, -0.15) is 0 Å². The van der Waals surface area contributed by atoms with E-state index in [2.05, 4.69) is 10.5 Å². The van der Waals surface area contributed by atoms with Gasteiger partial charge in [-0.3, -0.25) is 9.59 Å². The number of ether oxygens (including phenoxy) is 2. The number of piperidine rings is 1. The van der Waals surface area contributed by atoms with Crippen LogP contribution < -0.4 is 14.8 Å². The van der Waals surface area contributed by atoms with Gasteiger partial charge in [0.25, 0.3) is 5.91 Å². The first kappa shape index (κ1) is 20.1. The number of likely N-dealkylation sites (tertiary alicyclic amines) is 1. The molecule has 8 heteroatoms. The average molecular weight is 433 g/mol. The van der Waals surface area contributed by atoms with E-state index in [1.807, 2.05) is 30.3 Å². The lowest BCUT2D eigenvalue weighted by atomic mass is 9.95. The molecule has 8 nitrogen and oxygen atoms in total. The van der Waals surface area contributed by atoms with Crippen LogP contribution in [-0.4, -0.2) is 41.8 Å². The Morgan fingerprint density at radius 1 is 1.03 bits per heavy atom. The molecule has 32 heavy (non-hydrogen) atoms. The highest BCUT2D eigenvalue weighted by molar-refractivity contribution is 6.01. The molecule has 2 aliphatic rings. The summed E-state index contributed by atoms with van der Waals surface area (Å²) in [4.78, 5) is 27.8. The molecule has 1 saturated heterocycles. The van der Waals surface area contributed by atoms with Gasteiger partial charge < -0.3 is 24.2 Å². The zero-order valence-corrected chi connectivity index (χ0v) is 17.7. The van der Waals surface area contributed by atoms with Crippen LogP contribution in [0.5, 0.6) is 11.5 Å². The molecular weight excluding hydrogens is 410 g/mol. The number of hydrogen-bond acceptors (Lipinski definition) is 6. The van der Waals surface area contributed by atoms with Gasteiger partial charge in [0, 0.05) is 36.3 Å². The summed E-state index contributed by atoms with van der Waals surface area (Å²) in [5.74, 6) is 1.47. The van der Waals surface area contributed by atoms with Crippen LogP contribution in [-0.2, 0) is 4.79 Å². The molecule has 0 radical (unpaired) electrons. The zero-order chi connectivity index (χ0) is 22.1. The number of fused-ring (bicyclic) bond motifs is 1. The number of hydrogen-bond donors (Lipinski definition) is 1. The molecular formula is C24H23N3O5. The highest BCUT2D eigenvalue weighted by atomic mass is 16.7. The number of carbonyl (C=O) groups is 2. The summed E-state index contributed by atoms with van der Waals surface area (Å²) in [6.07, 6.45) is 1.18. The summed E-state index contributed by atoms with van der Waals surface area (Å²) in [6, 6.07) is 14.9. The Labute approximate surface area is 185 Å². The fourth-order valence-corrected chi connectivity index (χ4v) is 4.14. The van der Waals surface area contributed by atoms with E-state index in [0.29, 0.717) is 60.1 Å². The lowest BCUT2D eigenvalue weighted by Gasteiger charge is -2.31. The number of nitrogens with one attached hydrogen (secondary N) is 1. The largest absolute Gasteiger partial charge is 0.454 e. The van der Waals surface area contributed by atoms with Crippen molar-refractivity contribution in [3.63, 3.8) is 0 Å². The normalized spacial score (nSPS) is 15.6. The molecule has 5 rings (SSSR count). The molecule has 2 amide bonds. The minimum Gasteiger partial charge on any atom is -0.454 e. The smallest absolute Gasteiger partial charge is 0.259 e. The third-order valence-corrected chi connectivity index (χ3v) is 5.92. The fourth-order valence-electron chi connectivity index (χ4n) is 4.14. The molecule has 0 aliphatic carbocycles. The molecule has 0 unspecified atom stereocenters. The van der Waals surface area contributed by atoms with Crippen LogP contribution in [0.4, 0.5) is 5.69 Å². The molecule has 164 valence electrons. The lowest BCUT2D eigenvalue weighted by molar-refractivity contribution is -0.121. The summed E-state index contributed by atoms with van der Waals surface area (Å²) in [5, 5.41) is 7.06. The van der Waals surface area contributed by atoms with Crippen molar-refractivity contribution >= 4 is 17.5 Å². The quantitative estimate of drug-likeness (QED) is 0.671. The monoisotopic (exact) mass is 433 g/mol. The predicted molar refractivity (Wildman–Crippen MR) is 116 cm³/mol. The van der Waals surface area contributed by atoms with Crippen LogP contribution in [0.2, 0.25) is 0 Å². The van der Waals surface area contributed by atoms with E-state index < -0.39 is 0 Å². The Morgan fingerprint density at radius 2 is 1.78 bits per heavy atom. The number of amides is 2. The maximum absolute atomic E-state index is 13.3. The maximum Gasteiger partial charge on any atom is 0.259 e. The lowest BCUT2D eigenvalue weighted by Crippen LogP contribution is -2.41. The van der Waals surface area contributed by atoms with E-state index >= 15 is 0 Å². The summed E-state index contributed by atoms with van der Waals surface area (Å²) in [6.45, 7) is 2.93. The SMILES string of the molecule is Cc1onc(-c2ccccc2)c1C(=O)N1CCC(C(=O)Nc2ccc3c(c2)OCO3)CC1. The number of aryl methyl sites for hydroxylation is 1. The van der Waals surface area contributed by atoms with Crippen molar-refractivity contribution in [3.05, 3.63) is 59.9 Å². The minimum atomic E-state index is -0.165. The summed E-state index contributed by atoms with van der Waals surface area (Å²) in [7, 11) is 0. The summed E-state index contributed by atoms with van der Waals surface area (Å²) >= 11 is 0. The number of anilines is 1. The molecule has 2 aliphatic heterocycles. The Hall–Kier alpha value is -3.81. The highest BCUT2D eigenvalue weighted by Gasteiger charge is 2.31. The second-order valence-electron chi connectivity index (χ2n) is 7.95. The minimum absolute atomic E-state index is 0.0536. The van der Waals surface area contributed by atoms with Crippen LogP contribution in [0, 0.1) is 12.8 Å². The molecule has 0 bridgehead atoms. The highest BCUT2D eigenvalue weighted by Crippen LogP contribution is 2.34. The third kappa shape index (κ3) is 3.79. The molecule has 1 N–H and O–H groups in total. The molecule has 1 aromatic heterocycles. The Bertz CT molecular complexity index is 1150. The Kier molecular flexibility index (Phi) is 5.26. The van der Waals surface area contributed by atoms with Crippen molar-refractivity contribution in [3.8, 4) is 22.8 Å². The standard InChI is InChI=1S/C24H23N3O5/c1-15-21(22(26-32-15)16-5-3-2-4-6-16)24(29)27-11-9-17(10-12-27)23(28)25-18-7-8-19-20(13-18)31-14-30-19/h2-8,13,17H,9-12,14H2,1H3,(H,25,28). The maximum atomic E-state index is 13.3. The van der Waals surface area contributed by atoms with E-state index in [4.69, 9.17) is 14.0 Å². The van der Waals surface area contributed by atoms with Crippen molar-refractivity contribution in [2.75, 3.05) is 25.2 Å². The first-order chi connectivity index (χ1) is 15.6.